The molecule has 36 heavy (non-hydrogen) atoms. The van der Waals surface area contributed by atoms with Crippen molar-refractivity contribution >= 4 is 11.2 Å². The number of hydrogen-bond donors (Lipinski definition) is 1. The molecule has 7 heteroatoms. The zero-order valence-electron chi connectivity index (χ0n) is 22.6. The molecule has 5 rings (SSSR count). The van der Waals surface area contributed by atoms with E-state index in [1.54, 1.807) is 0 Å². The number of rotatable bonds is 8. The van der Waals surface area contributed by atoms with E-state index in [-0.39, 0.29) is 5.54 Å². The maximum Gasteiger partial charge on any atom is 0.159 e. The third-order valence-corrected chi connectivity index (χ3v) is 8.51. The molecule has 2 aliphatic rings. The second-order valence-electron chi connectivity index (χ2n) is 10.9. The number of pyridine rings is 1. The molecule has 1 N–H and O–H groups in total. The summed E-state index contributed by atoms with van der Waals surface area (Å²) in [5.41, 5.74) is 4.85. The average molecular weight is 490 g/mol. The van der Waals surface area contributed by atoms with E-state index in [2.05, 4.69) is 95.2 Å². The number of fused-ring (bicyclic) bond motifs is 1. The first-order valence-corrected chi connectivity index (χ1v) is 13.7. The zero-order valence-corrected chi connectivity index (χ0v) is 22.6. The second kappa shape index (κ2) is 11.0. The summed E-state index contributed by atoms with van der Waals surface area (Å²) in [6.45, 7) is 9.65. The summed E-state index contributed by atoms with van der Waals surface area (Å²) in [7, 11) is 6.59. The lowest BCUT2D eigenvalue weighted by Gasteiger charge is -2.46. The van der Waals surface area contributed by atoms with Crippen LogP contribution in [0.4, 0.5) is 0 Å². The van der Waals surface area contributed by atoms with E-state index in [1.165, 1.54) is 11.1 Å². The normalized spacial score (nSPS) is 20.2. The molecule has 0 unspecified atom stereocenters. The minimum Gasteiger partial charge on any atom is -0.315 e. The van der Waals surface area contributed by atoms with Crippen molar-refractivity contribution in [1.29, 1.82) is 0 Å². The molecule has 0 radical (unpaired) electrons. The number of aryl methyl sites for hydroxylation is 1. The molecule has 2 aliphatic heterocycles. The van der Waals surface area contributed by atoms with Gasteiger partial charge in [-0.1, -0.05) is 43.7 Å². The highest BCUT2D eigenvalue weighted by Gasteiger charge is 2.38. The molecule has 0 aliphatic carbocycles. The van der Waals surface area contributed by atoms with Crippen molar-refractivity contribution < 1.29 is 0 Å². The van der Waals surface area contributed by atoms with Gasteiger partial charge in [-0.15, -0.1) is 0 Å². The number of hydrogen-bond acceptors (Lipinski definition) is 6. The summed E-state index contributed by atoms with van der Waals surface area (Å²) in [6.07, 6.45) is 6.63. The molecule has 2 fully saturated rings. The molecule has 1 atom stereocenters. The van der Waals surface area contributed by atoms with Crippen LogP contribution in [0, 0.1) is 0 Å². The fourth-order valence-corrected chi connectivity index (χ4v) is 6.34. The number of piperazine rings is 1. The first-order chi connectivity index (χ1) is 17.5. The molecule has 3 aromatic rings. The van der Waals surface area contributed by atoms with Gasteiger partial charge in [-0.25, -0.2) is 9.97 Å². The number of nitrogens with zero attached hydrogens (tertiary/aromatic N) is 6. The van der Waals surface area contributed by atoms with Crippen molar-refractivity contribution in [3.05, 3.63) is 59.5 Å². The highest BCUT2D eigenvalue weighted by atomic mass is 15.3. The molecule has 0 bridgehead atoms. The van der Waals surface area contributed by atoms with Gasteiger partial charge < -0.3 is 9.88 Å². The predicted molar refractivity (Wildman–Crippen MR) is 147 cm³/mol. The Balaban J connectivity index is 1.31. The van der Waals surface area contributed by atoms with Crippen LogP contribution in [0.5, 0.6) is 0 Å². The Kier molecular flexibility index (Phi) is 7.72. The number of likely N-dealkylation sites (tertiary alicyclic amines) is 1. The molecule has 0 amide bonds. The lowest BCUT2D eigenvalue weighted by Crippen LogP contribution is -2.50. The van der Waals surface area contributed by atoms with Crippen LogP contribution in [-0.4, -0.2) is 82.6 Å². The molecular formula is C29H43N7. The van der Waals surface area contributed by atoms with Crippen LogP contribution in [0.3, 0.4) is 0 Å². The van der Waals surface area contributed by atoms with Crippen molar-refractivity contribution in [3.8, 4) is 0 Å². The van der Waals surface area contributed by atoms with E-state index in [4.69, 9.17) is 9.97 Å². The van der Waals surface area contributed by atoms with Crippen LogP contribution in [0.25, 0.3) is 11.2 Å². The fourth-order valence-electron chi connectivity index (χ4n) is 6.34. The van der Waals surface area contributed by atoms with E-state index in [9.17, 15) is 0 Å². The summed E-state index contributed by atoms with van der Waals surface area (Å²) < 4.78 is 2.23. The summed E-state index contributed by atoms with van der Waals surface area (Å²) in [4.78, 5) is 17.7. The van der Waals surface area contributed by atoms with Gasteiger partial charge in [-0.05, 0) is 50.6 Å². The van der Waals surface area contributed by atoms with Gasteiger partial charge >= 0.3 is 0 Å². The number of imidazole rings is 1. The minimum absolute atomic E-state index is 0.119. The Hall–Kier alpha value is -2.32. The lowest BCUT2D eigenvalue weighted by molar-refractivity contribution is 0.0507. The first-order valence-electron chi connectivity index (χ1n) is 13.7. The van der Waals surface area contributed by atoms with Crippen LogP contribution in [-0.2, 0) is 19.1 Å². The summed E-state index contributed by atoms with van der Waals surface area (Å²) >= 11 is 0. The van der Waals surface area contributed by atoms with Crippen LogP contribution in [0.1, 0.15) is 55.6 Å². The van der Waals surface area contributed by atoms with E-state index in [0.29, 0.717) is 6.04 Å². The average Bonchev–Trinajstić information content (AvgIpc) is 3.24. The summed E-state index contributed by atoms with van der Waals surface area (Å²) in [6, 6.07) is 13.7. The van der Waals surface area contributed by atoms with E-state index < -0.39 is 0 Å². The van der Waals surface area contributed by atoms with Gasteiger partial charge in [0.25, 0.3) is 0 Å². The number of aromatic nitrogens is 3. The molecule has 2 saturated heterocycles. The van der Waals surface area contributed by atoms with Crippen LogP contribution in [0.15, 0.2) is 42.6 Å². The third-order valence-electron chi connectivity index (χ3n) is 8.51. The Bertz CT molecular complexity index is 1130. The number of benzene rings is 1. The Morgan fingerprint density at radius 1 is 1.06 bits per heavy atom. The third kappa shape index (κ3) is 4.94. The smallest absolute Gasteiger partial charge is 0.159 e. The predicted octanol–water partition coefficient (Wildman–Crippen LogP) is 3.77. The number of piperidine rings is 1. The van der Waals surface area contributed by atoms with E-state index >= 15 is 0 Å². The zero-order chi connectivity index (χ0) is 25.1. The quantitative estimate of drug-likeness (QED) is 0.520. The minimum atomic E-state index is 0.119. The van der Waals surface area contributed by atoms with Gasteiger partial charge in [0.05, 0.1) is 6.04 Å². The molecular weight excluding hydrogens is 446 g/mol. The molecule has 0 spiro atoms. The molecule has 1 aromatic carbocycles. The molecule has 2 aromatic heterocycles. The van der Waals surface area contributed by atoms with Crippen LogP contribution in [0.2, 0.25) is 0 Å². The van der Waals surface area contributed by atoms with E-state index in [0.717, 1.165) is 88.5 Å². The number of nitrogens with one attached hydrogen (secondary N) is 1. The van der Waals surface area contributed by atoms with Crippen LogP contribution < -0.4 is 5.32 Å². The van der Waals surface area contributed by atoms with E-state index in [1.807, 2.05) is 0 Å². The van der Waals surface area contributed by atoms with Gasteiger partial charge in [0.2, 0.25) is 0 Å². The van der Waals surface area contributed by atoms with Gasteiger partial charge in [0.15, 0.2) is 5.65 Å². The Labute approximate surface area is 216 Å². The van der Waals surface area contributed by atoms with Crippen molar-refractivity contribution in [1.82, 2.24) is 34.6 Å². The van der Waals surface area contributed by atoms with Gasteiger partial charge in [0, 0.05) is 64.6 Å². The summed E-state index contributed by atoms with van der Waals surface area (Å²) in [5, 5.41) is 3.48. The lowest BCUT2D eigenvalue weighted by atomic mass is 9.79. The standard InChI is InChI=1S/C29H43N7/c1-5-9-26(36-18-14-30-15-19-36)28-32-25-20-23(21-31-27(25)34(28)4)22-35-16-12-29(13-17-35,33(2)3)24-10-7-6-8-11-24/h6-8,10-11,20-21,26,30H,5,9,12-19,22H2,1-4H3/t26-/m0/s1. The topological polar surface area (TPSA) is 52.5 Å². The first kappa shape index (κ1) is 25.3. The van der Waals surface area contributed by atoms with Gasteiger partial charge in [-0.2, -0.15) is 0 Å². The SMILES string of the molecule is CCC[C@@H](c1nc2cc(CN3CCC(c4ccccc4)(N(C)C)CC3)cnc2n1C)N1CCNCC1. The molecule has 7 nitrogen and oxygen atoms in total. The summed E-state index contributed by atoms with van der Waals surface area (Å²) in [5.74, 6) is 1.16. The van der Waals surface area contributed by atoms with Gasteiger partial charge in [0.1, 0.15) is 11.3 Å². The highest BCUT2D eigenvalue weighted by molar-refractivity contribution is 5.72. The fraction of sp³-hybridized carbons (Fsp3) is 0.586. The Morgan fingerprint density at radius 3 is 2.44 bits per heavy atom. The highest BCUT2D eigenvalue weighted by Crippen LogP contribution is 2.37. The van der Waals surface area contributed by atoms with Crippen molar-refractivity contribution in [2.45, 2.75) is 50.7 Å². The maximum absolute atomic E-state index is 5.16. The molecule has 4 heterocycles. The molecule has 0 saturated carbocycles. The van der Waals surface area contributed by atoms with Crippen molar-refractivity contribution in [2.75, 3.05) is 53.4 Å². The maximum atomic E-state index is 5.16. The van der Waals surface area contributed by atoms with Gasteiger partial charge in [-0.3, -0.25) is 14.7 Å². The Morgan fingerprint density at radius 2 is 1.78 bits per heavy atom. The van der Waals surface area contributed by atoms with Crippen LogP contribution >= 0.6 is 0 Å². The largest absolute Gasteiger partial charge is 0.315 e. The van der Waals surface area contributed by atoms with Crippen molar-refractivity contribution in [2.24, 2.45) is 7.05 Å². The van der Waals surface area contributed by atoms with Crippen molar-refractivity contribution in [3.63, 3.8) is 0 Å². The second-order valence-corrected chi connectivity index (χ2v) is 10.9. The monoisotopic (exact) mass is 489 g/mol. The molecule has 194 valence electrons.